The molecule has 1 aliphatic carbocycles. The number of nitrogens with one attached hydrogen (secondary N) is 8. The monoisotopic (exact) mass is 1500 g/mol. The number of likely N-dealkylation sites (tertiary alicyclic amines) is 3. The van der Waals surface area contributed by atoms with Crippen molar-refractivity contribution in [3.05, 3.63) is 216 Å². The van der Waals surface area contributed by atoms with Gasteiger partial charge in [0.1, 0.15) is 0 Å². The van der Waals surface area contributed by atoms with Gasteiger partial charge in [0.25, 0.3) is 23.6 Å². The number of carbonyl (C=O) groups excluding carboxylic acids is 4. The minimum absolute atomic E-state index is 0.144. The summed E-state index contributed by atoms with van der Waals surface area (Å²) in [6.45, 7) is 25.6. The summed E-state index contributed by atoms with van der Waals surface area (Å²) in [5.74, 6) is 2.55. The zero-order valence-electron chi connectivity index (χ0n) is 66.2. The molecule has 2 bridgehead atoms. The third-order valence-corrected chi connectivity index (χ3v) is 21.8. The van der Waals surface area contributed by atoms with E-state index in [0.717, 1.165) is 97.4 Å². The fourth-order valence-electron chi connectivity index (χ4n) is 15.8. The quantitative estimate of drug-likeness (QED) is 0.0251. The number of para-hydroxylation sites is 8. The lowest BCUT2D eigenvalue weighted by atomic mass is 9.96. The summed E-state index contributed by atoms with van der Waals surface area (Å²) in [7, 11) is 0. The second-order valence-corrected chi connectivity index (χ2v) is 32.5. The molecule has 3 atom stereocenters. The molecule has 5 aliphatic heterocycles. The van der Waals surface area contributed by atoms with Gasteiger partial charge in [0.2, 0.25) is 0 Å². The third-order valence-electron chi connectivity index (χ3n) is 21.8. The van der Waals surface area contributed by atoms with Crippen LogP contribution in [0.4, 0.5) is 68.2 Å². The molecule has 4 amide bonds. The van der Waals surface area contributed by atoms with Gasteiger partial charge in [-0.2, -0.15) is 0 Å². The van der Waals surface area contributed by atoms with E-state index < -0.39 is 0 Å². The minimum Gasteiger partial charge on any atom is -0.397 e. The molecule has 8 aromatic carbocycles. The van der Waals surface area contributed by atoms with E-state index >= 15 is 0 Å². The van der Waals surface area contributed by atoms with Crippen molar-refractivity contribution in [2.45, 2.75) is 161 Å². The predicted octanol–water partition coefficient (Wildman–Crippen LogP) is 16.9. The first kappa shape index (κ1) is 81.9. The highest BCUT2D eigenvalue weighted by molar-refractivity contribution is 6.08. The predicted molar refractivity (Wildman–Crippen MR) is 462 cm³/mol. The fourth-order valence-corrected chi connectivity index (χ4v) is 15.8. The van der Waals surface area contributed by atoms with Gasteiger partial charge in [0, 0.05) is 140 Å². The Kier molecular flexibility index (Phi) is 30.0. The zero-order chi connectivity index (χ0) is 78.2. The van der Waals surface area contributed by atoms with Crippen LogP contribution in [0.3, 0.4) is 0 Å². The molecule has 111 heavy (non-hydrogen) atoms. The van der Waals surface area contributed by atoms with Crippen LogP contribution in [-0.4, -0.2) is 145 Å². The Morgan fingerprint density at radius 1 is 0.324 bits per heavy atom. The molecule has 20 heteroatoms. The fraction of sp³-hybridized carbons (Fsp3) is 0.429. The Balaban J connectivity index is 0.000000147. The molecular weight excluding hydrogens is 1380 g/mol. The number of nitrogens with two attached hydrogens (primary N) is 4. The van der Waals surface area contributed by atoms with Crippen LogP contribution in [0, 0.1) is 23.7 Å². The van der Waals surface area contributed by atoms with Crippen LogP contribution in [-0.2, 0) is 0 Å². The molecule has 8 aromatic rings. The first-order valence-corrected chi connectivity index (χ1v) is 40.7. The van der Waals surface area contributed by atoms with Crippen LogP contribution in [0.2, 0.25) is 0 Å². The Morgan fingerprint density at radius 2 is 0.604 bits per heavy atom. The van der Waals surface area contributed by atoms with Crippen molar-refractivity contribution in [1.82, 2.24) is 19.6 Å². The molecule has 16 N–H and O–H groups in total. The number of nitrogens with zero attached hydrogens (tertiary/aromatic N) is 4. The third kappa shape index (κ3) is 25.7. The number of amides is 4. The van der Waals surface area contributed by atoms with Crippen LogP contribution in [0.15, 0.2) is 194 Å². The lowest BCUT2D eigenvalue weighted by molar-refractivity contribution is 0.101. The zero-order valence-corrected chi connectivity index (χ0v) is 66.2. The summed E-state index contributed by atoms with van der Waals surface area (Å²) >= 11 is 0. The maximum atomic E-state index is 12.5. The molecular formula is C91H122N16O4. The smallest absolute Gasteiger partial charge is 0.255 e. The number of rotatable bonds is 24. The van der Waals surface area contributed by atoms with Crippen molar-refractivity contribution in [3.8, 4) is 0 Å². The van der Waals surface area contributed by atoms with Crippen molar-refractivity contribution in [1.29, 1.82) is 0 Å². The normalized spacial score (nSPS) is 19.0. The molecule has 5 saturated heterocycles. The molecule has 5 heterocycles. The van der Waals surface area contributed by atoms with Gasteiger partial charge in [-0.3, -0.25) is 24.1 Å². The van der Waals surface area contributed by atoms with Crippen molar-refractivity contribution < 1.29 is 19.2 Å². The lowest BCUT2D eigenvalue weighted by Crippen LogP contribution is -2.48. The molecule has 14 rings (SSSR count). The molecule has 1 saturated carbocycles. The van der Waals surface area contributed by atoms with Crippen molar-refractivity contribution in [3.63, 3.8) is 0 Å². The van der Waals surface area contributed by atoms with E-state index in [1.54, 1.807) is 42.5 Å². The minimum atomic E-state index is -0.151. The van der Waals surface area contributed by atoms with Gasteiger partial charge in [-0.25, -0.2) is 0 Å². The van der Waals surface area contributed by atoms with E-state index in [1.807, 2.05) is 152 Å². The van der Waals surface area contributed by atoms with Crippen molar-refractivity contribution in [2.24, 2.45) is 23.7 Å². The molecule has 0 spiro atoms. The molecule has 0 aromatic heterocycles. The second-order valence-electron chi connectivity index (χ2n) is 32.5. The van der Waals surface area contributed by atoms with Crippen molar-refractivity contribution >= 4 is 91.9 Å². The standard InChI is InChI=1S/C24H32N4O.C23H32N4O.C22H28N4O.C22H30N4O/c1-16(2)15-28-20-11-12-21(28)14-19(13-20)26-18-9-7-17(8-10-18)24(29)27-23-6-4-3-5-22(23)25;1-17(2)16-27-14-5-6-19(13-15-27)25-20-11-9-18(10-12-20)23(28)26-22-8-4-3-7-21(22)24;23-20-3-1-2-4-21(20)25-22(27)17-7-9-18(10-8-17)24-19-11-13-26(14-12-19)15-16-5-6-16;1-16(2)15-26-13-11-19(12-14-26)24-18-9-7-17(8-10-18)22(27)25-21-6-4-3-5-20(21)23/h3-10,16,19-21,26H,11-15,25H2,1-2H3,(H,27,29);3-4,7-12,17,19,25H,5-6,13-16,24H2,1-2H3,(H,26,28);1-4,7-10,16,19,24H,5-6,11-15,23H2,(H,25,27);3-10,16,19,24H,11-15,23H2,1-2H3,(H,25,27). The lowest BCUT2D eigenvalue weighted by Gasteiger charge is -2.40. The number of piperidine rings is 3. The van der Waals surface area contributed by atoms with E-state index in [-0.39, 0.29) is 23.6 Å². The van der Waals surface area contributed by atoms with Gasteiger partial charge < -0.3 is 80.2 Å². The number of hydrogen-bond donors (Lipinski definition) is 12. The number of nitrogen functional groups attached to an aromatic ring is 4. The van der Waals surface area contributed by atoms with Gasteiger partial charge in [-0.15, -0.1) is 0 Å². The molecule has 20 nitrogen and oxygen atoms in total. The van der Waals surface area contributed by atoms with Gasteiger partial charge in [0.15, 0.2) is 0 Å². The average Bonchev–Trinajstić information content (AvgIpc) is 1.66. The Labute approximate surface area is 659 Å². The number of benzene rings is 8. The Bertz CT molecular complexity index is 4090. The maximum absolute atomic E-state index is 12.5. The number of anilines is 12. The SMILES string of the molecule is CC(C)CN1C2CCC1CC(Nc1ccc(C(=O)Nc3ccccc3N)cc1)C2.CC(C)CN1CCC(Nc2ccc(C(=O)Nc3ccccc3N)cc2)CC1.CC(C)CN1CCCC(Nc2ccc(C(=O)Nc3ccccc3N)cc2)CC1.Nc1ccccc1NC(=O)c1ccc(NC2CCN(CC3CC3)CC2)cc1. The van der Waals surface area contributed by atoms with Crippen LogP contribution in [0.25, 0.3) is 0 Å². The van der Waals surface area contributed by atoms with E-state index in [9.17, 15) is 19.2 Å². The van der Waals surface area contributed by atoms with Crippen LogP contribution in [0.5, 0.6) is 0 Å². The summed E-state index contributed by atoms with van der Waals surface area (Å²) < 4.78 is 0. The van der Waals surface area contributed by atoms with Gasteiger partial charge in [0.05, 0.1) is 45.5 Å². The average molecular weight is 1500 g/mol. The number of fused-ring (bicyclic) bond motifs is 2. The Morgan fingerprint density at radius 3 is 0.901 bits per heavy atom. The van der Waals surface area contributed by atoms with Crippen molar-refractivity contribution in [2.75, 3.05) is 131 Å². The number of carbonyl (C=O) groups is 4. The summed E-state index contributed by atoms with van der Waals surface area (Å²) in [4.78, 5) is 60.2. The van der Waals surface area contributed by atoms with E-state index in [1.165, 1.54) is 110 Å². The first-order valence-electron chi connectivity index (χ1n) is 40.7. The van der Waals surface area contributed by atoms with E-state index in [0.29, 0.717) is 91.9 Å². The molecule has 590 valence electrons. The summed E-state index contributed by atoms with van der Waals surface area (Å²) in [6, 6.07) is 63.4. The topological polar surface area (TPSA) is 282 Å². The summed E-state index contributed by atoms with van der Waals surface area (Å²) in [6.07, 6.45) is 16.2. The Hall–Kier alpha value is -10.1. The molecule has 3 unspecified atom stereocenters. The summed E-state index contributed by atoms with van der Waals surface area (Å²) in [5.41, 5.74) is 35.2. The van der Waals surface area contributed by atoms with Crippen LogP contribution < -0.4 is 65.5 Å². The second kappa shape index (κ2) is 40.7. The maximum Gasteiger partial charge on any atom is 0.255 e. The number of hydrogen-bond acceptors (Lipinski definition) is 16. The first-order chi connectivity index (χ1) is 53.7. The molecule has 6 fully saturated rings. The highest BCUT2D eigenvalue weighted by Gasteiger charge is 2.41. The van der Waals surface area contributed by atoms with Crippen LogP contribution in [0.1, 0.15) is 166 Å². The highest BCUT2D eigenvalue weighted by atomic mass is 16.2. The highest BCUT2D eigenvalue weighted by Crippen LogP contribution is 2.38. The van der Waals surface area contributed by atoms with Gasteiger partial charge in [-0.1, -0.05) is 90.1 Å². The molecule has 0 radical (unpaired) electrons. The van der Waals surface area contributed by atoms with Gasteiger partial charge >= 0.3 is 0 Å². The largest absolute Gasteiger partial charge is 0.397 e. The van der Waals surface area contributed by atoms with Crippen LogP contribution >= 0.6 is 0 Å². The summed E-state index contributed by atoms with van der Waals surface area (Å²) in [5, 5.41) is 26.0. The molecule has 6 aliphatic rings. The van der Waals surface area contributed by atoms with Gasteiger partial charge in [-0.05, 0) is 259 Å². The van der Waals surface area contributed by atoms with E-state index in [4.69, 9.17) is 22.9 Å². The van der Waals surface area contributed by atoms with E-state index in [2.05, 4.69) is 104 Å².